The van der Waals surface area contributed by atoms with Crippen LogP contribution in [0.3, 0.4) is 0 Å². The SMILES string of the molecule is O=C(c1ccccc1OC1CCN(Cc2ccccn2)CC1)N1CCC[C@@H](CO)C1. The number of rotatable bonds is 6. The molecule has 0 aliphatic carbocycles. The van der Waals surface area contributed by atoms with E-state index in [4.69, 9.17) is 4.74 Å². The van der Waals surface area contributed by atoms with Gasteiger partial charge in [-0.2, -0.15) is 0 Å². The molecule has 0 saturated carbocycles. The smallest absolute Gasteiger partial charge is 0.257 e. The Labute approximate surface area is 178 Å². The van der Waals surface area contributed by atoms with Crippen molar-refractivity contribution in [3.05, 3.63) is 59.9 Å². The topological polar surface area (TPSA) is 65.9 Å². The van der Waals surface area contributed by atoms with Crippen LogP contribution in [-0.2, 0) is 6.54 Å². The Hall–Kier alpha value is -2.44. The molecule has 2 aliphatic rings. The van der Waals surface area contributed by atoms with E-state index in [0.717, 1.165) is 57.6 Å². The number of likely N-dealkylation sites (tertiary alicyclic amines) is 2. The molecule has 2 aliphatic heterocycles. The van der Waals surface area contributed by atoms with Crippen molar-refractivity contribution < 1.29 is 14.6 Å². The summed E-state index contributed by atoms with van der Waals surface area (Å²) in [6, 6.07) is 13.6. The number of aliphatic hydroxyl groups excluding tert-OH is 1. The number of nitrogens with zero attached hydrogens (tertiary/aromatic N) is 3. The molecule has 1 aromatic heterocycles. The van der Waals surface area contributed by atoms with E-state index in [1.807, 2.05) is 47.5 Å². The highest BCUT2D eigenvalue weighted by molar-refractivity contribution is 5.97. The molecule has 30 heavy (non-hydrogen) atoms. The summed E-state index contributed by atoms with van der Waals surface area (Å²) < 4.78 is 6.31. The van der Waals surface area contributed by atoms with E-state index in [-0.39, 0.29) is 24.5 Å². The molecule has 0 bridgehead atoms. The van der Waals surface area contributed by atoms with Crippen molar-refractivity contribution in [1.82, 2.24) is 14.8 Å². The molecular weight excluding hydrogens is 378 g/mol. The fourth-order valence-corrected chi connectivity index (χ4v) is 4.40. The van der Waals surface area contributed by atoms with Gasteiger partial charge in [-0.05, 0) is 55.9 Å². The van der Waals surface area contributed by atoms with Gasteiger partial charge < -0.3 is 14.7 Å². The van der Waals surface area contributed by atoms with Gasteiger partial charge in [0.1, 0.15) is 11.9 Å². The van der Waals surface area contributed by atoms with Crippen molar-refractivity contribution in [2.75, 3.05) is 32.8 Å². The lowest BCUT2D eigenvalue weighted by atomic mass is 9.98. The van der Waals surface area contributed by atoms with Gasteiger partial charge in [0.25, 0.3) is 5.91 Å². The zero-order valence-electron chi connectivity index (χ0n) is 17.4. The second-order valence-corrected chi connectivity index (χ2v) is 8.35. The van der Waals surface area contributed by atoms with Crippen LogP contribution < -0.4 is 4.74 Å². The van der Waals surface area contributed by atoms with E-state index in [2.05, 4.69) is 16.0 Å². The third-order valence-electron chi connectivity index (χ3n) is 6.12. The summed E-state index contributed by atoms with van der Waals surface area (Å²) in [5, 5.41) is 9.48. The molecular formula is C24H31N3O3. The van der Waals surface area contributed by atoms with Gasteiger partial charge in [-0.1, -0.05) is 18.2 Å². The molecule has 1 aromatic carbocycles. The number of benzene rings is 1. The van der Waals surface area contributed by atoms with Crippen molar-refractivity contribution in [2.24, 2.45) is 5.92 Å². The zero-order chi connectivity index (χ0) is 20.8. The first-order valence-electron chi connectivity index (χ1n) is 11.0. The number of para-hydroxylation sites is 1. The molecule has 0 spiro atoms. The van der Waals surface area contributed by atoms with Gasteiger partial charge in [0.05, 0.1) is 11.3 Å². The average molecular weight is 410 g/mol. The first kappa shape index (κ1) is 20.8. The van der Waals surface area contributed by atoms with E-state index in [0.29, 0.717) is 17.9 Å². The van der Waals surface area contributed by atoms with Crippen molar-refractivity contribution in [2.45, 2.75) is 38.3 Å². The predicted molar refractivity (Wildman–Crippen MR) is 115 cm³/mol. The van der Waals surface area contributed by atoms with E-state index in [9.17, 15) is 9.90 Å². The third kappa shape index (κ3) is 5.18. The number of aromatic nitrogens is 1. The summed E-state index contributed by atoms with van der Waals surface area (Å²) in [5.74, 6) is 0.868. The molecule has 1 amide bonds. The molecule has 3 heterocycles. The van der Waals surface area contributed by atoms with E-state index in [1.54, 1.807) is 0 Å². The molecule has 2 saturated heterocycles. The highest BCUT2D eigenvalue weighted by Gasteiger charge is 2.27. The molecule has 4 rings (SSSR count). The summed E-state index contributed by atoms with van der Waals surface area (Å²) in [7, 11) is 0. The minimum atomic E-state index is 0.0105. The molecule has 2 aromatic rings. The number of hydrogen-bond donors (Lipinski definition) is 1. The number of hydrogen-bond acceptors (Lipinski definition) is 5. The van der Waals surface area contributed by atoms with Crippen molar-refractivity contribution >= 4 is 5.91 Å². The Morgan fingerprint density at radius 1 is 1.07 bits per heavy atom. The van der Waals surface area contributed by atoms with Gasteiger partial charge in [-0.3, -0.25) is 14.7 Å². The van der Waals surface area contributed by atoms with Crippen LogP contribution >= 0.6 is 0 Å². The zero-order valence-corrected chi connectivity index (χ0v) is 17.4. The molecule has 0 unspecified atom stereocenters. The third-order valence-corrected chi connectivity index (χ3v) is 6.12. The Bertz CT molecular complexity index is 821. The molecule has 6 nitrogen and oxygen atoms in total. The maximum Gasteiger partial charge on any atom is 0.257 e. The highest BCUT2D eigenvalue weighted by Crippen LogP contribution is 2.26. The lowest BCUT2D eigenvalue weighted by Gasteiger charge is -2.34. The highest BCUT2D eigenvalue weighted by atomic mass is 16.5. The Morgan fingerprint density at radius 2 is 1.87 bits per heavy atom. The molecule has 6 heteroatoms. The number of ether oxygens (including phenoxy) is 1. The first-order chi connectivity index (χ1) is 14.7. The quantitative estimate of drug-likeness (QED) is 0.795. The molecule has 0 radical (unpaired) electrons. The van der Waals surface area contributed by atoms with Gasteiger partial charge in [-0.15, -0.1) is 0 Å². The van der Waals surface area contributed by atoms with Crippen LogP contribution in [0, 0.1) is 5.92 Å². The minimum Gasteiger partial charge on any atom is -0.489 e. The van der Waals surface area contributed by atoms with Crippen LogP contribution in [0.4, 0.5) is 0 Å². The van der Waals surface area contributed by atoms with Crippen molar-refractivity contribution in [3.8, 4) is 5.75 Å². The first-order valence-corrected chi connectivity index (χ1v) is 11.0. The van der Waals surface area contributed by atoms with Crippen molar-refractivity contribution in [3.63, 3.8) is 0 Å². The van der Waals surface area contributed by atoms with Gasteiger partial charge in [-0.25, -0.2) is 0 Å². The number of amides is 1. The van der Waals surface area contributed by atoms with Crippen LogP contribution in [0.5, 0.6) is 5.75 Å². The second kappa shape index (κ2) is 10.0. The lowest BCUT2D eigenvalue weighted by molar-refractivity contribution is 0.0604. The summed E-state index contributed by atoms with van der Waals surface area (Å²) in [6.45, 7) is 4.29. The minimum absolute atomic E-state index is 0.0105. The maximum atomic E-state index is 13.1. The predicted octanol–water partition coefficient (Wildman–Crippen LogP) is 2.97. The fraction of sp³-hybridized carbons (Fsp3) is 0.500. The Kier molecular flexibility index (Phi) is 6.97. The molecule has 160 valence electrons. The monoisotopic (exact) mass is 409 g/mol. The summed E-state index contributed by atoms with van der Waals surface area (Å²) in [5.41, 5.74) is 1.72. The average Bonchev–Trinajstić information content (AvgIpc) is 2.81. The normalized spacial score (nSPS) is 20.8. The molecule has 2 fully saturated rings. The fourth-order valence-electron chi connectivity index (χ4n) is 4.40. The van der Waals surface area contributed by atoms with E-state index >= 15 is 0 Å². The van der Waals surface area contributed by atoms with E-state index < -0.39 is 0 Å². The Balaban J connectivity index is 1.35. The number of piperidine rings is 2. The van der Waals surface area contributed by atoms with E-state index in [1.165, 1.54) is 0 Å². The standard InChI is InChI=1S/C24H31N3O3/c28-18-19-6-5-13-27(16-19)24(29)22-8-1-2-9-23(22)30-21-10-14-26(15-11-21)17-20-7-3-4-12-25-20/h1-4,7-9,12,19,21,28H,5-6,10-11,13-18H2/t19-/m1/s1. The number of carbonyl (C=O) groups excluding carboxylic acids is 1. The van der Waals surface area contributed by atoms with Crippen LogP contribution in [0.1, 0.15) is 41.7 Å². The van der Waals surface area contributed by atoms with Crippen LogP contribution in [-0.4, -0.2) is 64.7 Å². The lowest BCUT2D eigenvalue weighted by Crippen LogP contribution is -2.41. The number of carbonyl (C=O) groups is 1. The summed E-state index contributed by atoms with van der Waals surface area (Å²) >= 11 is 0. The van der Waals surface area contributed by atoms with Gasteiger partial charge in [0.2, 0.25) is 0 Å². The Morgan fingerprint density at radius 3 is 2.63 bits per heavy atom. The van der Waals surface area contributed by atoms with Crippen LogP contribution in [0.25, 0.3) is 0 Å². The summed E-state index contributed by atoms with van der Waals surface area (Å²) in [6.07, 6.45) is 5.75. The molecule has 1 N–H and O–H groups in total. The molecule has 1 atom stereocenters. The number of pyridine rings is 1. The van der Waals surface area contributed by atoms with Crippen molar-refractivity contribution in [1.29, 1.82) is 0 Å². The largest absolute Gasteiger partial charge is 0.489 e. The van der Waals surface area contributed by atoms with Crippen LogP contribution in [0.15, 0.2) is 48.7 Å². The van der Waals surface area contributed by atoms with Crippen LogP contribution in [0.2, 0.25) is 0 Å². The van der Waals surface area contributed by atoms with Gasteiger partial charge in [0, 0.05) is 45.5 Å². The van der Waals surface area contributed by atoms with Gasteiger partial charge >= 0.3 is 0 Å². The number of aliphatic hydroxyl groups is 1. The maximum absolute atomic E-state index is 13.1. The summed E-state index contributed by atoms with van der Waals surface area (Å²) in [4.78, 5) is 21.8. The second-order valence-electron chi connectivity index (χ2n) is 8.35. The van der Waals surface area contributed by atoms with Gasteiger partial charge in [0.15, 0.2) is 0 Å².